The predicted molar refractivity (Wildman–Crippen MR) is 87.1 cm³/mol. The van der Waals surface area contributed by atoms with E-state index in [1.807, 2.05) is 19.1 Å². The van der Waals surface area contributed by atoms with Gasteiger partial charge in [0.05, 0.1) is 4.90 Å². The predicted octanol–water partition coefficient (Wildman–Crippen LogP) is 3.93. The zero-order chi connectivity index (χ0) is 15.7. The molecule has 1 aromatic rings. The van der Waals surface area contributed by atoms with Gasteiger partial charge < -0.3 is 0 Å². The summed E-state index contributed by atoms with van der Waals surface area (Å²) in [5.74, 6) is 0.330. The number of alkyl halides is 1. The van der Waals surface area contributed by atoms with E-state index in [4.69, 9.17) is 11.6 Å². The molecule has 0 aliphatic carbocycles. The first-order valence-electron chi connectivity index (χ1n) is 7.48. The second-order valence-corrected chi connectivity index (χ2v) is 8.48. The van der Waals surface area contributed by atoms with Crippen molar-refractivity contribution in [3.05, 3.63) is 29.3 Å². The van der Waals surface area contributed by atoms with Gasteiger partial charge in [-0.1, -0.05) is 32.4 Å². The SMILES string of the molecule is CCC1(C)CCN(S(=O)(=O)c2cc(CCl)ccc2C)CC1. The lowest BCUT2D eigenvalue weighted by Gasteiger charge is -2.38. The van der Waals surface area contributed by atoms with Crippen LogP contribution in [0.5, 0.6) is 0 Å². The number of halogens is 1. The van der Waals surface area contributed by atoms with Crippen molar-refractivity contribution in [3.8, 4) is 0 Å². The topological polar surface area (TPSA) is 37.4 Å². The van der Waals surface area contributed by atoms with Crippen LogP contribution in [0.1, 0.15) is 44.2 Å². The quantitative estimate of drug-likeness (QED) is 0.785. The molecule has 1 aromatic carbocycles. The molecule has 0 radical (unpaired) electrons. The van der Waals surface area contributed by atoms with Gasteiger partial charge in [0.15, 0.2) is 0 Å². The number of nitrogens with zero attached hydrogens (tertiary/aromatic N) is 1. The minimum absolute atomic E-state index is 0.277. The van der Waals surface area contributed by atoms with Crippen LogP contribution >= 0.6 is 11.6 Å². The molecule has 3 nitrogen and oxygen atoms in total. The second kappa shape index (κ2) is 6.27. The third kappa shape index (κ3) is 3.43. The maximum Gasteiger partial charge on any atom is 0.243 e. The summed E-state index contributed by atoms with van der Waals surface area (Å²) in [6.07, 6.45) is 2.95. The monoisotopic (exact) mass is 329 g/mol. The van der Waals surface area contributed by atoms with E-state index in [-0.39, 0.29) is 5.41 Å². The lowest BCUT2D eigenvalue weighted by atomic mass is 9.79. The standard InChI is InChI=1S/C16H24ClNO2S/c1-4-16(3)7-9-18(10-8-16)21(19,20)15-11-14(12-17)6-5-13(15)2/h5-6,11H,4,7-10,12H2,1-3H3. The Balaban J connectivity index is 2.27. The summed E-state index contributed by atoms with van der Waals surface area (Å²) < 4.78 is 27.3. The lowest BCUT2D eigenvalue weighted by Crippen LogP contribution is -2.42. The summed E-state index contributed by atoms with van der Waals surface area (Å²) in [6, 6.07) is 5.43. The van der Waals surface area contributed by atoms with Crippen LogP contribution in [-0.2, 0) is 15.9 Å². The van der Waals surface area contributed by atoms with Crippen LogP contribution in [0, 0.1) is 12.3 Å². The van der Waals surface area contributed by atoms with E-state index in [0.29, 0.717) is 23.9 Å². The highest BCUT2D eigenvalue weighted by atomic mass is 35.5. The fraction of sp³-hybridized carbons (Fsp3) is 0.625. The van der Waals surface area contributed by atoms with E-state index < -0.39 is 10.0 Å². The highest BCUT2D eigenvalue weighted by Gasteiger charge is 2.34. The maximum absolute atomic E-state index is 12.9. The van der Waals surface area contributed by atoms with Gasteiger partial charge in [0.25, 0.3) is 0 Å². The van der Waals surface area contributed by atoms with Crippen molar-refractivity contribution in [2.75, 3.05) is 13.1 Å². The number of benzene rings is 1. The van der Waals surface area contributed by atoms with E-state index in [0.717, 1.165) is 30.4 Å². The molecule has 0 bridgehead atoms. The van der Waals surface area contributed by atoms with Crippen LogP contribution in [0.4, 0.5) is 0 Å². The van der Waals surface area contributed by atoms with E-state index in [1.54, 1.807) is 10.4 Å². The molecule has 1 aliphatic heterocycles. The summed E-state index contributed by atoms with van der Waals surface area (Å²) in [5, 5.41) is 0. The van der Waals surface area contributed by atoms with Crippen molar-refractivity contribution in [1.29, 1.82) is 0 Å². The van der Waals surface area contributed by atoms with Gasteiger partial charge in [0, 0.05) is 19.0 Å². The molecule has 1 heterocycles. The molecule has 0 unspecified atom stereocenters. The number of hydrogen-bond donors (Lipinski definition) is 0. The first-order chi connectivity index (χ1) is 9.82. The minimum Gasteiger partial charge on any atom is -0.207 e. The lowest BCUT2D eigenvalue weighted by molar-refractivity contribution is 0.169. The molecule has 0 amide bonds. The molecule has 0 saturated carbocycles. The van der Waals surface area contributed by atoms with Crippen LogP contribution in [-0.4, -0.2) is 25.8 Å². The second-order valence-electron chi connectivity index (χ2n) is 6.30. The van der Waals surface area contributed by atoms with Gasteiger partial charge in [-0.15, -0.1) is 11.6 Å². The molecule has 5 heteroatoms. The van der Waals surface area contributed by atoms with E-state index in [1.165, 1.54) is 0 Å². The summed E-state index contributed by atoms with van der Waals surface area (Å²) in [7, 11) is -3.41. The minimum atomic E-state index is -3.41. The normalized spacial score (nSPS) is 19.6. The Morgan fingerprint density at radius 2 is 1.90 bits per heavy atom. The summed E-state index contributed by atoms with van der Waals surface area (Å²) in [4.78, 5) is 0.403. The molecule has 0 spiro atoms. The summed E-state index contributed by atoms with van der Waals surface area (Å²) >= 11 is 5.83. The zero-order valence-electron chi connectivity index (χ0n) is 13.0. The van der Waals surface area contributed by atoms with Gasteiger partial charge >= 0.3 is 0 Å². The summed E-state index contributed by atoms with van der Waals surface area (Å²) in [5.41, 5.74) is 1.91. The van der Waals surface area contributed by atoms with Crippen LogP contribution < -0.4 is 0 Å². The average molecular weight is 330 g/mol. The van der Waals surface area contributed by atoms with Crippen molar-refractivity contribution < 1.29 is 8.42 Å². The van der Waals surface area contributed by atoms with Gasteiger partial charge in [-0.2, -0.15) is 4.31 Å². The zero-order valence-corrected chi connectivity index (χ0v) is 14.6. The fourth-order valence-electron chi connectivity index (χ4n) is 2.76. The number of aryl methyl sites for hydroxylation is 1. The molecular weight excluding hydrogens is 306 g/mol. The van der Waals surface area contributed by atoms with Crippen molar-refractivity contribution in [2.24, 2.45) is 5.41 Å². The fourth-order valence-corrected chi connectivity index (χ4v) is 4.65. The van der Waals surface area contributed by atoms with Gasteiger partial charge in [0.2, 0.25) is 10.0 Å². The maximum atomic E-state index is 12.9. The molecule has 1 aliphatic rings. The van der Waals surface area contributed by atoms with E-state index in [2.05, 4.69) is 13.8 Å². The molecule has 2 rings (SSSR count). The molecule has 21 heavy (non-hydrogen) atoms. The van der Waals surface area contributed by atoms with Crippen molar-refractivity contribution >= 4 is 21.6 Å². The van der Waals surface area contributed by atoms with Crippen LogP contribution in [0.3, 0.4) is 0 Å². The van der Waals surface area contributed by atoms with E-state index >= 15 is 0 Å². The molecule has 0 aromatic heterocycles. The molecule has 0 N–H and O–H groups in total. The number of hydrogen-bond acceptors (Lipinski definition) is 2. The van der Waals surface area contributed by atoms with Gasteiger partial charge in [-0.25, -0.2) is 8.42 Å². The third-order valence-corrected chi connectivity index (χ3v) is 7.16. The molecule has 1 saturated heterocycles. The number of rotatable bonds is 4. The molecular formula is C16H24ClNO2S. The van der Waals surface area contributed by atoms with E-state index in [9.17, 15) is 8.42 Å². The average Bonchev–Trinajstić information content (AvgIpc) is 2.48. The van der Waals surface area contributed by atoms with Crippen LogP contribution in [0.25, 0.3) is 0 Å². The Morgan fingerprint density at radius 3 is 2.43 bits per heavy atom. The third-order valence-electron chi connectivity index (χ3n) is 4.81. The Morgan fingerprint density at radius 1 is 1.29 bits per heavy atom. The van der Waals surface area contributed by atoms with Gasteiger partial charge in [0.1, 0.15) is 0 Å². The van der Waals surface area contributed by atoms with Crippen molar-refractivity contribution in [3.63, 3.8) is 0 Å². The highest BCUT2D eigenvalue weighted by molar-refractivity contribution is 7.89. The van der Waals surface area contributed by atoms with Crippen LogP contribution in [0.2, 0.25) is 0 Å². The van der Waals surface area contributed by atoms with Gasteiger partial charge in [-0.3, -0.25) is 0 Å². The van der Waals surface area contributed by atoms with Crippen LogP contribution in [0.15, 0.2) is 23.1 Å². The largest absolute Gasteiger partial charge is 0.243 e. The molecule has 1 fully saturated rings. The summed E-state index contributed by atoms with van der Waals surface area (Å²) in [6.45, 7) is 7.48. The van der Waals surface area contributed by atoms with Crippen molar-refractivity contribution in [2.45, 2.75) is 50.8 Å². The highest BCUT2D eigenvalue weighted by Crippen LogP contribution is 2.36. The first-order valence-corrected chi connectivity index (χ1v) is 9.45. The Hall–Kier alpha value is -0.580. The van der Waals surface area contributed by atoms with Gasteiger partial charge in [-0.05, 0) is 42.4 Å². The van der Waals surface area contributed by atoms with Crippen molar-refractivity contribution in [1.82, 2.24) is 4.31 Å². The Labute approximate surface area is 133 Å². The number of sulfonamides is 1. The Kier molecular flexibility index (Phi) is 5.01. The smallest absolute Gasteiger partial charge is 0.207 e. The number of piperidine rings is 1. The Bertz CT molecular complexity index is 605. The molecule has 0 atom stereocenters. The molecule has 118 valence electrons. The first kappa shape index (κ1) is 16.8.